The summed E-state index contributed by atoms with van der Waals surface area (Å²) in [6.07, 6.45) is -1.03. The average molecular weight is 118 g/mol. The van der Waals surface area contributed by atoms with E-state index in [1.54, 1.807) is 6.92 Å². The van der Waals surface area contributed by atoms with Crippen molar-refractivity contribution in [1.29, 1.82) is 0 Å². The van der Waals surface area contributed by atoms with Crippen molar-refractivity contribution in [3.63, 3.8) is 0 Å². The number of amides is 1. The molecular weight excluding hydrogens is 108 g/mol. The standard InChI is InChI=1S/C4H10N2O2/c1-3(5)2-6-4(7)8/h3,6H,2,5H2,1H3,(H,7,8)/t3-/m1/s1. The van der Waals surface area contributed by atoms with Gasteiger partial charge >= 0.3 is 6.09 Å². The minimum atomic E-state index is -1.03. The van der Waals surface area contributed by atoms with Gasteiger partial charge in [-0.1, -0.05) is 0 Å². The molecule has 48 valence electrons. The maximum Gasteiger partial charge on any atom is 0.404 e. The molecule has 0 heterocycles. The van der Waals surface area contributed by atoms with Gasteiger partial charge in [-0.3, -0.25) is 0 Å². The molecule has 0 radical (unpaired) electrons. The quantitative estimate of drug-likeness (QED) is 0.462. The lowest BCUT2D eigenvalue weighted by molar-refractivity contribution is 0.194. The van der Waals surface area contributed by atoms with E-state index in [0.717, 1.165) is 0 Å². The fraction of sp³-hybridized carbons (Fsp3) is 0.750. The van der Waals surface area contributed by atoms with Crippen LogP contribution in [0, 0.1) is 0 Å². The van der Waals surface area contributed by atoms with Crippen LogP contribution in [-0.2, 0) is 0 Å². The first-order valence-corrected chi connectivity index (χ1v) is 2.35. The molecule has 4 N–H and O–H groups in total. The molecule has 0 bridgehead atoms. The Balaban J connectivity index is 3.05. The van der Waals surface area contributed by atoms with Crippen LogP contribution in [0.2, 0.25) is 0 Å². The van der Waals surface area contributed by atoms with Crippen molar-refractivity contribution in [2.45, 2.75) is 13.0 Å². The molecule has 0 fully saturated rings. The Bertz CT molecular complexity index is 82.1. The van der Waals surface area contributed by atoms with E-state index < -0.39 is 6.09 Å². The highest BCUT2D eigenvalue weighted by molar-refractivity contribution is 5.64. The number of nitrogens with two attached hydrogens (primary N) is 1. The van der Waals surface area contributed by atoms with Crippen molar-refractivity contribution in [3.05, 3.63) is 0 Å². The van der Waals surface area contributed by atoms with Gasteiger partial charge in [-0.15, -0.1) is 0 Å². The minimum Gasteiger partial charge on any atom is -0.465 e. The van der Waals surface area contributed by atoms with Gasteiger partial charge in [-0.05, 0) is 6.92 Å². The molecule has 0 aromatic carbocycles. The first-order valence-electron chi connectivity index (χ1n) is 2.35. The predicted octanol–water partition coefficient (Wildman–Crippen LogP) is -0.399. The number of hydrogen-bond donors (Lipinski definition) is 3. The Morgan fingerprint density at radius 3 is 2.62 bits per heavy atom. The lowest BCUT2D eigenvalue weighted by Crippen LogP contribution is -2.34. The Morgan fingerprint density at radius 1 is 2.00 bits per heavy atom. The molecule has 0 saturated heterocycles. The van der Waals surface area contributed by atoms with Gasteiger partial charge in [0.1, 0.15) is 0 Å². The number of hydrogen-bond acceptors (Lipinski definition) is 2. The summed E-state index contributed by atoms with van der Waals surface area (Å²) in [5, 5.41) is 10.1. The number of rotatable bonds is 2. The molecule has 0 aliphatic carbocycles. The lowest BCUT2D eigenvalue weighted by Gasteiger charge is -2.01. The molecular formula is C4H10N2O2. The van der Waals surface area contributed by atoms with Crippen LogP contribution in [0.3, 0.4) is 0 Å². The maximum atomic E-state index is 9.74. The van der Waals surface area contributed by atoms with E-state index in [9.17, 15) is 4.79 Å². The van der Waals surface area contributed by atoms with Gasteiger partial charge in [-0.25, -0.2) is 4.79 Å². The van der Waals surface area contributed by atoms with E-state index in [1.807, 2.05) is 0 Å². The van der Waals surface area contributed by atoms with Gasteiger partial charge in [0.2, 0.25) is 0 Å². The van der Waals surface area contributed by atoms with Crippen LogP contribution < -0.4 is 11.1 Å². The summed E-state index contributed by atoms with van der Waals surface area (Å²) in [5.74, 6) is 0. The highest BCUT2D eigenvalue weighted by atomic mass is 16.4. The van der Waals surface area contributed by atoms with Gasteiger partial charge in [-0.2, -0.15) is 0 Å². The summed E-state index contributed by atoms with van der Waals surface area (Å²) in [6.45, 7) is 2.05. The van der Waals surface area contributed by atoms with Gasteiger partial charge in [0.15, 0.2) is 0 Å². The molecule has 1 atom stereocenters. The average Bonchev–Trinajstić information content (AvgIpc) is 1.61. The summed E-state index contributed by atoms with van der Waals surface area (Å²) in [6, 6.07) is -0.105. The molecule has 0 aromatic rings. The van der Waals surface area contributed by atoms with Crippen LogP contribution in [-0.4, -0.2) is 23.8 Å². The molecule has 0 aromatic heterocycles. The second-order valence-corrected chi connectivity index (χ2v) is 1.66. The van der Waals surface area contributed by atoms with E-state index in [-0.39, 0.29) is 6.04 Å². The van der Waals surface area contributed by atoms with E-state index in [4.69, 9.17) is 10.8 Å². The zero-order valence-electron chi connectivity index (χ0n) is 4.72. The molecule has 0 unspecified atom stereocenters. The van der Waals surface area contributed by atoms with Crippen molar-refractivity contribution in [2.75, 3.05) is 6.54 Å². The van der Waals surface area contributed by atoms with E-state index >= 15 is 0 Å². The summed E-state index contributed by atoms with van der Waals surface area (Å²) in [4.78, 5) is 9.74. The van der Waals surface area contributed by atoms with Gasteiger partial charge < -0.3 is 16.2 Å². The fourth-order valence-corrected chi connectivity index (χ4v) is 0.248. The first kappa shape index (κ1) is 7.23. The largest absolute Gasteiger partial charge is 0.465 e. The Kier molecular flexibility index (Phi) is 2.95. The molecule has 0 aliphatic rings. The van der Waals surface area contributed by atoms with E-state index in [2.05, 4.69) is 5.32 Å². The van der Waals surface area contributed by atoms with Crippen LogP contribution in [0.25, 0.3) is 0 Å². The highest BCUT2D eigenvalue weighted by Gasteiger charge is 1.94. The summed E-state index contributed by atoms with van der Waals surface area (Å²) >= 11 is 0. The Hall–Kier alpha value is -0.770. The molecule has 4 heteroatoms. The monoisotopic (exact) mass is 118 g/mol. The highest BCUT2D eigenvalue weighted by Crippen LogP contribution is 1.68. The minimum absolute atomic E-state index is 0.105. The van der Waals surface area contributed by atoms with E-state index in [1.165, 1.54) is 0 Å². The van der Waals surface area contributed by atoms with Gasteiger partial charge in [0.05, 0.1) is 0 Å². The molecule has 1 amide bonds. The lowest BCUT2D eigenvalue weighted by atomic mass is 10.4. The third kappa shape index (κ3) is 5.23. The third-order valence-corrected chi connectivity index (χ3v) is 0.575. The summed E-state index contributed by atoms with van der Waals surface area (Å²) in [7, 11) is 0. The second kappa shape index (κ2) is 3.26. The van der Waals surface area contributed by atoms with Gasteiger partial charge in [0.25, 0.3) is 0 Å². The van der Waals surface area contributed by atoms with Crippen molar-refractivity contribution in [1.82, 2.24) is 5.32 Å². The predicted molar refractivity (Wildman–Crippen MR) is 29.7 cm³/mol. The van der Waals surface area contributed by atoms with Crippen LogP contribution in [0.4, 0.5) is 4.79 Å². The molecule has 8 heavy (non-hydrogen) atoms. The zero-order valence-corrected chi connectivity index (χ0v) is 4.72. The topological polar surface area (TPSA) is 75.3 Å². The van der Waals surface area contributed by atoms with E-state index in [0.29, 0.717) is 6.54 Å². The van der Waals surface area contributed by atoms with Crippen molar-refractivity contribution < 1.29 is 9.90 Å². The first-order chi connectivity index (χ1) is 3.63. The fourth-order valence-electron chi connectivity index (χ4n) is 0.248. The normalized spacial score (nSPS) is 12.8. The van der Waals surface area contributed by atoms with Gasteiger partial charge in [0, 0.05) is 12.6 Å². The summed E-state index contributed by atoms with van der Waals surface area (Å²) in [5.41, 5.74) is 5.21. The molecule has 0 rings (SSSR count). The van der Waals surface area contributed by atoms with Crippen LogP contribution >= 0.6 is 0 Å². The van der Waals surface area contributed by atoms with Crippen molar-refractivity contribution in [2.24, 2.45) is 5.73 Å². The summed E-state index contributed by atoms with van der Waals surface area (Å²) < 4.78 is 0. The SMILES string of the molecule is C[C@@H](N)CNC(=O)O. The number of carbonyl (C=O) groups is 1. The van der Waals surface area contributed by atoms with Crippen LogP contribution in [0.1, 0.15) is 6.92 Å². The van der Waals surface area contributed by atoms with Crippen molar-refractivity contribution >= 4 is 6.09 Å². The number of nitrogens with one attached hydrogen (secondary N) is 1. The van der Waals surface area contributed by atoms with Crippen molar-refractivity contribution in [3.8, 4) is 0 Å². The third-order valence-electron chi connectivity index (χ3n) is 0.575. The van der Waals surface area contributed by atoms with Crippen LogP contribution in [0.5, 0.6) is 0 Å². The Labute approximate surface area is 47.7 Å². The molecule has 0 aliphatic heterocycles. The smallest absolute Gasteiger partial charge is 0.404 e. The second-order valence-electron chi connectivity index (χ2n) is 1.66. The Morgan fingerprint density at radius 2 is 2.50 bits per heavy atom. The van der Waals surface area contributed by atoms with Crippen LogP contribution in [0.15, 0.2) is 0 Å². The maximum absolute atomic E-state index is 9.74. The number of carboxylic acid groups (broad SMARTS) is 1. The molecule has 0 spiro atoms. The molecule has 4 nitrogen and oxygen atoms in total. The zero-order chi connectivity index (χ0) is 6.57. The molecule has 0 saturated carbocycles.